The number of aliphatic carboxylic acids is 1. The average molecular weight is 265 g/mol. The van der Waals surface area contributed by atoms with Crippen LogP contribution in [-0.4, -0.2) is 24.7 Å². The highest BCUT2D eigenvalue weighted by Crippen LogP contribution is 2.29. The second-order valence-electron chi connectivity index (χ2n) is 5.20. The molecule has 2 N–H and O–H groups in total. The molecule has 1 rings (SSSR count). The van der Waals surface area contributed by atoms with E-state index in [0.29, 0.717) is 12.5 Å². The number of hydrogen-bond donors (Lipinski definition) is 2. The summed E-state index contributed by atoms with van der Waals surface area (Å²) in [5.41, 5.74) is 2.15. The van der Waals surface area contributed by atoms with E-state index in [9.17, 15) is 4.79 Å². The zero-order chi connectivity index (χ0) is 14.4. The van der Waals surface area contributed by atoms with E-state index < -0.39 is 5.97 Å². The van der Waals surface area contributed by atoms with Crippen LogP contribution in [0.1, 0.15) is 38.7 Å². The maximum atomic E-state index is 10.6. The zero-order valence-electron chi connectivity index (χ0n) is 12.1. The van der Waals surface area contributed by atoms with Crippen molar-refractivity contribution >= 4 is 11.7 Å². The summed E-state index contributed by atoms with van der Waals surface area (Å²) >= 11 is 0. The number of carboxylic acid groups (broad SMARTS) is 1. The van der Waals surface area contributed by atoms with Gasteiger partial charge in [-0.2, -0.15) is 0 Å². The Balaban J connectivity index is 2.69. The molecule has 1 atom stereocenters. The number of ether oxygens (including phenoxy) is 1. The van der Waals surface area contributed by atoms with E-state index in [0.717, 1.165) is 17.0 Å². The molecule has 4 heteroatoms. The molecule has 0 aromatic heterocycles. The van der Waals surface area contributed by atoms with Gasteiger partial charge in [-0.25, -0.2) is 0 Å². The van der Waals surface area contributed by atoms with E-state index in [-0.39, 0.29) is 12.3 Å². The molecule has 0 aliphatic rings. The molecule has 1 aromatic carbocycles. The molecule has 0 saturated heterocycles. The van der Waals surface area contributed by atoms with Crippen molar-refractivity contribution in [1.29, 1.82) is 0 Å². The van der Waals surface area contributed by atoms with Crippen molar-refractivity contribution in [2.24, 2.45) is 5.92 Å². The van der Waals surface area contributed by atoms with Crippen LogP contribution in [0.3, 0.4) is 0 Å². The van der Waals surface area contributed by atoms with Crippen molar-refractivity contribution in [2.75, 3.05) is 19.0 Å². The lowest BCUT2D eigenvalue weighted by molar-refractivity contribution is -0.137. The molecule has 0 bridgehead atoms. The van der Waals surface area contributed by atoms with E-state index >= 15 is 0 Å². The molecule has 0 saturated carbocycles. The van der Waals surface area contributed by atoms with Gasteiger partial charge < -0.3 is 15.2 Å². The molecular formula is C15H23NO3. The Morgan fingerprint density at radius 3 is 2.58 bits per heavy atom. The summed E-state index contributed by atoms with van der Waals surface area (Å²) in [6.07, 6.45) is 0.181. The quantitative estimate of drug-likeness (QED) is 0.794. The van der Waals surface area contributed by atoms with Gasteiger partial charge >= 0.3 is 5.97 Å². The number of carbonyl (C=O) groups is 1. The fraction of sp³-hybridized carbons (Fsp3) is 0.533. The summed E-state index contributed by atoms with van der Waals surface area (Å²) in [5.74, 6) is 0.612. The molecular weight excluding hydrogens is 242 g/mol. The Morgan fingerprint density at radius 2 is 2.05 bits per heavy atom. The third kappa shape index (κ3) is 4.81. The van der Waals surface area contributed by atoms with Crippen LogP contribution in [-0.2, 0) is 4.79 Å². The highest BCUT2D eigenvalue weighted by Gasteiger charge is 2.10. The first-order valence-corrected chi connectivity index (χ1v) is 6.57. The van der Waals surface area contributed by atoms with Gasteiger partial charge in [0.05, 0.1) is 7.11 Å². The maximum absolute atomic E-state index is 10.6. The Labute approximate surface area is 114 Å². The van der Waals surface area contributed by atoms with E-state index in [4.69, 9.17) is 9.84 Å². The molecule has 19 heavy (non-hydrogen) atoms. The summed E-state index contributed by atoms with van der Waals surface area (Å²) < 4.78 is 5.33. The van der Waals surface area contributed by atoms with Crippen LogP contribution in [0.25, 0.3) is 0 Å². The first-order chi connectivity index (χ1) is 8.93. The van der Waals surface area contributed by atoms with Crippen LogP contribution in [0.5, 0.6) is 5.75 Å². The van der Waals surface area contributed by atoms with Crippen molar-refractivity contribution in [3.63, 3.8) is 0 Å². The molecule has 1 aromatic rings. The third-order valence-corrected chi connectivity index (χ3v) is 3.03. The van der Waals surface area contributed by atoms with Gasteiger partial charge in [-0.15, -0.1) is 0 Å². The largest absolute Gasteiger partial charge is 0.496 e. The molecule has 0 aliphatic heterocycles. The normalized spacial score (nSPS) is 12.3. The Morgan fingerprint density at radius 1 is 1.37 bits per heavy atom. The number of benzene rings is 1. The Kier molecular flexibility index (Phi) is 5.67. The van der Waals surface area contributed by atoms with E-state index in [2.05, 4.69) is 25.2 Å². The lowest BCUT2D eigenvalue weighted by Gasteiger charge is -2.16. The number of anilines is 1. The molecule has 0 fully saturated rings. The molecule has 0 amide bonds. The topological polar surface area (TPSA) is 58.6 Å². The summed E-state index contributed by atoms with van der Waals surface area (Å²) in [4.78, 5) is 10.6. The molecule has 0 aliphatic carbocycles. The standard InChI is InChI=1S/C15H23NO3/c1-10(2)13-8-12(5-6-14(13)19-4)16-9-11(3)7-15(17)18/h5-6,8,10-11,16H,7,9H2,1-4H3,(H,17,18). The fourth-order valence-corrected chi connectivity index (χ4v) is 1.96. The Bertz CT molecular complexity index is 429. The number of carboxylic acids is 1. The van der Waals surface area contributed by atoms with Crippen molar-refractivity contribution in [3.05, 3.63) is 23.8 Å². The molecule has 4 nitrogen and oxygen atoms in total. The van der Waals surface area contributed by atoms with Gasteiger partial charge in [0.2, 0.25) is 0 Å². The number of rotatable bonds is 7. The van der Waals surface area contributed by atoms with Gasteiger partial charge in [-0.3, -0.25) is 4.79 Å². The summed E-state index contributed by atoms with van der Waals surface area (Å²) in [6, 6.07) is 5.97. The lowest BCUT2D eigenvalue weighted by Crippen LogP contribution is -2.15. The fourth-order valence-electron chi connectivity index (χ4n) is 1.96. The maximum Gasteiger partial charge on any atom is 0.303 e. The van der Waals surface area contributed by atoms with Crippen LogP contribution in [0.4, 0.5) is 5.69 Å². The van der Waals surface area contributed by atoms with E-state index in [1.165, 1.54) is 0 Å². The van der Waals surface area contributed by atoms with Gasteiger partial charge in [-0.1, -0.05) is 20.8 Å². The predicted octanol–water partition coefficient (Wildman–Crippen LogP) is 3.34. The summed E-state index contributed by atoms with van der Waals surface area (Å²) in [7, 11) is 1.67. The monoisotopic (exact) mass is 265 g/mol. The van der Waals surface area contributed by atoms with Crippen LogP contribution in [0, 0.1) is 5.92 Å². The lowest BCUT2D eigenvalue weighted by atomic mass is 10.0. The van der Waals surface area contributed by atoms with Crippen molar-refractivity contribution < 1.29 is 14.6 Å². The van der Waals surface area contributed by atoms with Crippen molar-refractivity contribution in [1.82, 2.24) is 0 Å². The minimum absolute atomic E-state index is 0.0992. The molecule has 0 spiro atoms. The second kappa shape index (κ2) is 7.02. The zero-order valence-corrected chi connectivity index (χ0v) is 12.1. The van der Waals surface area contributed by atoms with Gasteiger partial charge in [0.1, 0.15) is 5.75 Å². The molecule has 0 heterocycles. The predicted molar refractivity (Wildman–Crippen MR) is 77.0 cm³/mol. The smallest absolute Gasteiger partial charge is 0.303 e. The van der Waals surface area contributed by atoms with Gasteiger partial charge in [0.25, 0.3) is 0 Å². The van der Waals surface area contributed by atoms with Crippen LogP contribution in [0.15, 0.2) is 18.2 Å². The SMILES string of the molecule is COc1ccc(NCC(C)CC(=O)O)cc1C(C)C. The van der Waals surface area contributed by atoms with Gasteiger partial charge in [-0.05, 0) is 35.6 Å². The minimum atomic E-state index is -0.757. The highest BCUT2D eigenvalue weighted by atomic mass is 16.5. The molecule has 1 unspecified atom stereocenters. The van der Waals surface area contributed by atoms with Crippen LogP contribution in [0.2, 0.25) is 0 Å². The summed E-state index contributed by atoms with van der Waals surface area (Å²) in [6.45, 7) is 6.81. The summed E-state index contributed by atoms with van der Waals surface area (Å²) in [5, 5.41) is 12.0. The molecule has 0 radical (unpaired) electrons. The highest BCUT2D eigenvalue weighted by molar-refractivity contribution is 5.67. The van der Waals surface area contributed by atoms with E-state index in [1.807, 2.05) is 19.1 Å². The third-order valence-electron chi connectivity index (χ3n) is 3.03. The Hall–Kier alpha value is -1.71. The number of hydrogen-bond acceptors (Lipinski definition) is 3. The van der Waals surface area contributed by atoms with Crippen LogP contribution >= 0.6 is 0 Å². The van der Waals surface area contributed by atoms with Gasteiger partial charge in [0, 0.05) is 18.7 Å². The van der Waals surface area contributed by atoms with Crippen molar-refractivity contribution in [2.45, 2.75) is 33.1 Å². The first kappa shape index (κ1) is 15.3. The first-order valence-electron chi connectivity index (χ1n) is 6.57. The van der Waals surface area contributed by atoms with Crippen LogP contribution < -0.4 is 10.1 Å². The van der Waals surface area contributed by atoms with E-state index in [1.54, 1.807) is 7.11 Å². The average Bonchev–Trinajstić information content (AvgIpc) is 2.35. The molecule has 106 valence electrons. The second-order valence-corrected chi connectivity index (χ2v) is 5.20. The number of methoxy groups -OCH3 is 1. The number of nitrogens with one attached hydrogen (secondary N) is 1. The minimum Gasteiger partial charge on any atom is -0.496 e. The van der Waals surface area contributed by atoms with Crippen molar-refractivity contribution in [3.8, 4) is 5.75 Å². The van der Waals surface area contributed by atoms with Gasteiger partial charge in [0.15, 0.2) is 0 Å².